The van der Waals surface area contributed by atoms with E-state index in [9.17, 15) is 4.79 Å². The average Bonchev–Trinajstić information content (AvgIpc) is 2.73. The first-order valence-corrected chi connectivity index (χ1v) is 9.53. The Bertz CT molecular complexity index is 849. The van der Waals surface area contributed by atoms with Gasteiger partial charge in [0.2, 0.25) is 0 Å². The summed E-state index contributed by atoms with van der Waals surface area (Å²) in [6, 6.07) is 9.29. The Hall–Kier alpha value is -2.89. The van der Waals surface area contributed by atoms with Crippen molar-refractivity contribution < 1.29 is 23.7 Å². The van der Waals surface area contributed by atoms with Crippen LogP contribution in [0.25, 0.3) is 0 Å². The number of hydrogen-bond acceptors (Lipinski definition) is 5. The van der Waals surface area contributed by atoms with E-state index >= 15 is 0 Å². The van der Waals surface area contributed by atoms with Crippen molar-refractivity contribution in [1.82, 2.24) is 4.90 Å². The summed E-state index contributed by atoms with van der Waals surface area (Å²) in [6.45, 7) is 6.24. The van der Waals surface area contributed by atoms with Gasteiger partial charge in [-0.05, 0) is 61.7 Å². The fourth-order valence-electron chi connectivity index (χ4n) is 3.43. The molecule has 0 bridgehead atoms. The molecule has 0 unspecified atom stereocenters. The van der Waals surface area contributed by atoms with Gasteiger partial charge in [0.15, 0.2) is 23.0 Å². The standard InChI is InChI=1S/C22H27NO5/c1-5-27-20-11-15-9-10-23(14-17(15)13-21(20)28-6-2)22(24)16-7-8-18(25-3)19(12-16)26-4/h7-8,11-13H,5-6,9-10,14H2,1-4H3. The van der Waals surface area contributed by atoms with Crippen LogP contribution < -0.4 is 18.9 Å². The van der Waals surface area contributed by atoms with E-state index in [0.29, 0.717) is 43.4 Å². The van der Waals surface area contributed by atoms with Crippen molar-refractivity contribution in [3.05, 3.63) is 47.0 Å². The van der Waals surface area contributed by atoms with E-state index in [-0.39, 0.29) is 5.91 Å². The van der Waals surface area contributed by atoms with E-state index < -0.39 is 0 Å². The van der Waals surface area contributed by atoms with E-state index in [1.165, 1.54) is 5.56 Å². The lowest BCUT2D eigenvalue weighted by molar-refractivity contribution is 0.0734. The third kappa shape index (κ3) is 4.01. The molecule has 0 aromatic heterocycles. The number of methoxy groups -OCH3 is 2. The maximum absolute atomic E-state index is 13.0. The molecular formula is C22H27NO5. The number of carbonyl (C=O) groups is 1. The van der Waals surface area contributed by atoms with Crippen molar-refractivity contribution in [2.24, 2.45) is 0 Å². The van der Waals surface area contributed by atoms with Gasteiger partial charge >= 0.3 is 0 Å². The van der Waals surface area contributed by atoms with Gasteiger partial charge in [0.25, 0.3) is 5.91 Å². The van der Waals surface area contributed by atoms with E-state index in [4.69, 9.17) is 18.9 Å². The van der Waals surface area contributed by atoms with Crippen LogP contribution in [0.5, 0.6) is 23.0 Å². The topological polar surface area (TPSA) is 57.2 Å². The van der Waals surface area contributed by atoms with E-state index in [2.05, 4.69) is 0 Å². The van der Waals surface area contributed by atoms with Crippen LogP contribution in [0.4, 0.5) is 0 Å². The molecule has 1 amide bonds. The molecule has 6 nitrogen and oxygen atoms in total. The highest BCUT2D eigenvalue weighted by molar-refractivity contribution is 5.95. The monoisotopic (exact) mass is 385 g/mol. The minimum absolute atomic E-state index is 0.0292. The van der Waals surface area contributed by atoms with Crippen LogP contribution >= 0.6 is 0 Å². The van der Waals surface area contributed by atoms with Crippen LogP contribution in [-0.4, -0.2) is 44.8 Å². The summed E-state index contributed by atoms with van der Waals surface area (Å²) >= 11 is 0. The quantitative estimate of drug-likeness (QED) is 0.727. The van der Waals surface area contributed by atoms with Gasteiger partial charge in [0.1, 0.15) is 0 Å². The summed E-state index contributed by atoms with van der Waals surface area (Å²) < 4.78 is 22.0. The molecule has 0 spiro atoms. The lowest BCUT2D eigenvalue weighted by atomic mass is 9.98. The molecule has 0 saturated heterocycles. The summed E-state index contributed by atoms with van der Waals surface area (Å²) in [7, 11) is 3.14. The van der Waals surface area contributed by atoms with Gasteiger partial charge in [-0.15, -0.1) is 0 Å². The Morgan fingerprint density at radius 3 is 2.14 bits per heavy atom. The lowest BCUT2D eigenvalue weighted by Gasteiger charge is -2.30. The van der Waals surface area contributed by atoms with Crippen molar-refractivity contribution in [3.63, 3.8) is 0 Å². The largest absolute Gasteiger partial charge is 0.493 e. The van der Waals surface area contributed by atoms with Gasteiger partial charge in [-0.3, -0.25) is 4.79 Å². The molecule has 1 aliphatic rings. The average molecular weight is 385 g/mol. The van der Waals surface area contributed by atoms with Crippen molar-refractivity contribution in [3.8, 4) is 23.0 Å². The normalized spacial score (nSPS) is 12.9. The minimum Gasteiger partial charge on any atom is -0.493 e. The molecular weight excluding hydrogens is 358 g/mol. The molecule has 150 valence electrons. The number of ether oxygens (including phenoxy) is 4. The van der Waals surface area contributed by atoms with Gasteiger partial charge in [-0.25, -0.2) is 0 Å². The van der Waals surface area contributed by atoms with Crippen LogP contribution in [-0.2, 0) is 13.0 Å². The highest BCUT2D eigenvalue weighted by Crippen LogP contribution is 2.34. The fourth-order valence-corrected chi connectivity index (χ4v) is 3.43. The number of rotatable bonds is 7. The highest BCUT2D eigenvalue weighted by atomic mass is 16.5. The van der Waals surface area contributed by atoms with Gasteiger partial charge in [-0.2, -0.15) is 0 Å². The van der Waals surface area contributed by atoms with Crippen molar-refractivity contribution in [2.75, 3.05) is 34.0 Å². The molecule has 0 atom stereocenters. The van der Waals surface area contributed by atoms with Gasteiger partial charge < -0.3 is 23.8 Å². The Balaban J connectivity index is 1.84. The van der Waals surface area contributed by atoms with Crippen LogP contribution in [0.1, 0.15) is 35.3 Å². The van der Waals surface area contributed by atoms with Crippen molar-refractivity contribution in [1.29, 1.82) is 0 Å². The Morgan fingerprint density at radius 1 is 0.893 bits per heavy atom. The van der Waals surface area contributed by atoms with E-state index in [0.717, 1.165) is 23.5 Å². The highest BCUT2D eigenvalue weighted by Gasteiger charge is 2.24. The van der Waals surface area contributed by atoms with Gasteiger partial charge in [0.05, 0.1) is 27.4 Å². The number of nitrogens with zero attached hydrogens (tertiary/aromatic N) is 1. The second-order valence-electron chi connectivity index (χ2n) is 6.48. The molecule has 0 fully saturated rings. The van der Waals surface area contributed by atoms with Crippen molar-refractivity contribution >= 4 is 5.91 Å². The Kier molecular flexibility index (Phi) is 6.29. The van der Waals surface area contributed by atoms with Crippen LogP contribution in [0.15, 0.2) is 30.3 Å². The first-order chi connectivity index (χ1) is 13.6. The van der Waals surface area contributed by atoms with Crippen molar-refractivity contribution in [2.45, 2.75) is 26.8 Å². The molecule has 1 heterocycles. The summed E-state index contributed by atoms with van der Waals surface area (Å²) in [5.41, 5.74) is 2.87. The zero-order valence-corrected chi connectivity index (χ0v) is 16.9. The zero-order valence-electron chi connectivity index (χ0n) is 16.9. The van der Waals surface area contributed by atoms with Crippen LogP contribution in [0, 0.1) is 0 Å². The summed E-state index contributed by atoms with van der Waals surface area (Å²) in [5, 5.41) is 0. The van der Waals surface area contributed by atoms with E-state index in [1.54, 1.807) is 32.4 Å². The molecule has 0 N–H and O–H groups in total. The smallest absolute Gasteiger partial charge is 0.254 e. The Labute approximate surface area is 166 Å². The second kappa shape index (κ2) is 8.87. The summed E-state index contributed by atoms with van der Waals surface area (Å²) in [6.07, 6.45) is 0.779. The fraction of sp³-hybridized carbons (Fsp3) is 0.409. The first kappa shape index (κ1) is 19.9. The molecule has 3 rings (SSSR count). The molecule has 2 aromatic rings. The third-order valence-electron chi connectivity index (χ3n) is 4.80. The van der Waals surface area contributed by atoms with Crippen LogP contribution in [0.3, 0.4) is 0 Å². The number of benzene rings is 2. The van der Waals surface area contributed by atoms with Gasteiger partial charge in [0, 0.05) is 18.7 Å². The van der Waals surface area contributed by atoms with Crippen LogP contribution in [0.2, 0.25) is 0 Å². The molecule has 6 heteroatoms. The SMILES string of the molecule is CCOc1cc2c(cc1OCC)CN(C(=O)c1ccc(OC)c(OC)c1)CC2. The predicted molar refractivity (Wildman–Crippen MR) is 107 cm³/mol. The summed E-state index contributed by atoms with van der Waals surface area (Å²) in [5.74, 6) is 2.61. The minimum atomic E-state index is -0.0292. The number of hydrogen-bond donors (Lipinski definition) is 0. The summed E-state index contributed by atoms with van der Waals surface area (Å²) in [4.78, 5) is 14.9. The van der Waals surface area contributed by atoms with E-state index in [1.807, 2.05) is 30.9 Å². The number of fused-ring (bicyclic) bond motifs is 1. The molecule has 28 heavy (non-hydrogen) atoms. The molecule has 2 aromatic carbocycles. The first-order valence-electron chi connectivity index (χ1n) is 9.53. The maximum Gasteiger partial charge on any atom is 0.254 e. The molecule has 0 radical (unpaired) electrons. The molecule has 1 aliphatic heterocycles. The number of carbonyl (C=O) groups excluding carboxylic acids is 1. The number of amides is 1. The third-order valence-corrected chi connectivity index (χ3v) is 4.80. The lowest BCUT2D eigenvalue weighted by Crippen LogP contribution is -2.36. The second-order valence-corrected chi connectivity index (χ2v) is 6.48. The molecule has 0 saturated carbocycles. The zero-order chi connectivity index (χ0) is 20.1. The molecule has 0 aliphatic carbocycles. The Morgan fingerprint density at radius 2 is 1.54 bits per heavy atom. The maximum atomic E-state index is 13.0. The van der Waals surface area contributed by atoms with Gasteiger partial charge in [-0.1, -0.05) is 0 Å². The predicted octanol–water partition coefficient (Wildman–Crippen LogP) is 3.70.